The van der Waals surface area contributed by atoms with Crippen LogP contribution in [0.15, 0.2) is 231 Å². The minimum absolute atomic E-state index is 0.161. The highest BCUT2D eigenvalue weighted by Crippen LogP contribution is 2.12. The van der Waals surface area contributed by atoms with Gasteiger partial charge in [-0.2, -0.15) is 0 Å². The number of carbonyl (C=O) groups is 3. The molecule has 0 spiro atoms. The van der Waals surface area contributed by atoms with Gasteiger partial charge in [0, 0.05) is 12.8 Å². The van der Waals surface area contributed by atoms with Crippen molar-refractivity contribution < 1.29 is 42.9 Å². The van der Waals surface area contributed by atoms with Gasteiger partial charge >= 0.3 is 17.9 Å². The number of unbranched alkanes of at least 4 members (excludes halogenated alkanes) is 7. The summed E-state index contributed by atoms with van der Waals surface area (Å²) < 4.78 is 22.9. The maximum atomic E-state index is 12.9. The number of carboxylic acid groups (broad SMARTS) is 1. The van der Waals surface area contributed by atoms with Gasteiger partial charge in [-0.05, 0) is 161 Å². The van der Waals surface area contributed by atoms with Crippen LogP contribution in [0.3, 0.4) is 0 Å². The molecule has 9 heteroatoms. The molecule has 0 aliphatic rings. The van der Waals surface area contributed by atoms with Gasteiger partial charge in [-0.3, -0.25) is 9.59 Å². The smallest absolute Gasteiger partial charge is 0.361 e. The Morgan fingerprint density at radius 2 is 0.593 bits per heavy atom. The van der Waals surface area contributed by atoms with Gasteiger partial charge in [-0.25, -0.2) is 4.79 Å². The van der Waals surface area contributed by atoms with E-state index in [-0.39, 0.29) is 38.6 Å². The Hall–Kier alpha value is -6.65. The second kappa shape index (κ2) is 69.2. The minimum Gasteiger partial charge on any atom is -0.477 e. The van der Waals surface area contributed by atoms with E-state index >= 15 is 0 Å². The number of allylic oxidation sites excluding steroid dienone is 38. The first-order chi connectivity index (χ1) is 44.6. The number of aliphatic carboxylic acids is 1. The van der Waals surface area contributed by atoms with Gasteiger partial charge in [0.15, 0.2) is 6.10 Å². The molecule has 0 aliphatic heterocycles. The van der Waals surface area contributed by atoms with E-state index in [4.69, 9.17) is 18.9 Å². The van der Waals surface area contributed by atoms with Crippen molar-refractivity contribution in [3.8, 4) is 0 Å². The molecule has 0 fully saturated rings. The van der Waals surface area contributed by atoms with Gasteiger partial charge in [-0.1, -0.05) is 264 Å². The fourth-order valence-corrected chi connectivity index (χ4v) is 8.21. The Bertz CT molecular complexity index is 2350. The Morgan fingerprint density at radius 3 is 0.901 bits per heavy atom. The lowest BCUT2D eigenvalue weighted by Gasteiger charge is -2.25. The Labute approximate surface area is 555 Å². The van der Waals surface area contributed by atoms with Gasteiger partial charge < -0.3 is 28.5 Å². The van der Waals surface area contributed by atoms with E-state index in [2.05, 4.69) is 245 Å². The van der Waals surface area contributed by atoms with E-state index in [0.717, 1.165) is 167 Å². The van der Waals surface area contributed by atoms with Crippen LogP contribution in [0.2, 0.25) is 0 Å². The topological polar surface area (TPSA) is 108 Å². The van der Waals surface area contributed by atoms with Crippen molar-refractivity contribution in [1.82, 2.24) is 0 Å². The molecular weight excluding hydrogens is 1130 g/mol. The van der Waals surface area contributed by atoms with Crippen LogP contribution in [0.4, 0.5) is 0 Å². The zero-order valence-corrected chi connectivity index (χ0v) is 57.4. The van der Waals surface area contributed by atoms with Gasteiger partial charge in [-0.15, -0.1) is 0 Å². The average molecular weight is 1250 g/mol. The zero-order valence-electron chi connectivity index (χ0n) is 57.4. The van der Waals surface area contributed by atoms with Crippen molar-refractivity contribution >= 4 is 17.9 Å². The number of carbonyl (C=O) groups excluding carboxylic acids is 2. The number of hydrogen-bond acceptors (Lipinski definition) is 7. The molecule has 0 bridgehead atoms. The summed E-state index contributed by atoms with van der Waals surface area (Å²) in [5.74, 6) is -2.13. The first-order valence-corrected chi connectivity index (χ1v) is 34.5. The molecule has 504 valence electrons. The van der Waals surface area contributed by atoms with Crippen molar-refractivity contribution in [1.29, 1.82) is 0 Å². The van der Waals surface area contributed by atoms with Crippen molar-refractivity contribution in [3.05, 3.63) is 231 Å². The molecule has 0 aromatic rings. The number of hydrogen-bond donors (Lipinski definition) is 1. The van der Waals surface area contributed by atoms with E-state index in [1.165, 1.54) is 0 Å². The summed E-state index contributed by atoms with van der Waals surface area (Å²) in [6.45, 7) is 4.53. The number of rotatable bonds is 60. The molecule has 0 amide bonds. The maximum Gasteiger partial charge on any atom is 0.361 e. The molecule has 0 rings (SSSR count). The third-order valence-corrected chi connectivity index (χ3v) is 13.4. The SMILES string of the molecule is CC/C=C\C/C=C\C/C=C\C/C=C\C/C=C\C/C=C\C/C=C\C/C=C\C/C=C\C/C=C\CCCCC(=O)OC(COC(=O)CCCCCCC/C=C\C/C=C\C/C=C\C/C=C\C/C=C\C/C=C\C/C=C\C/C=C\C/C=C\CC)COC(OCC[N+](C)(C)C)C(=O)O. The quantitative estimate of drug-likeness (QED) is 0.0211. The fraction of sp³-hybridized carbons (Fsp3) is 0.500. The van der Waals surface area contributed by atoms with E-state index in [1.54, 1.807) is 0 Å². The molecule has 0 aromatic carbocycles. The van der Waals surface area contributed by atoms with Gasteiger partial charge in [0.05, 0.1) is 34.4 Å². The van der Waals surface area contributed by atoms with Crippen LogP contribution in [0.5, 0.6) is 0 Å². The van der Waals surface area contributed by atoms with Crippen LogP contribution < -0.4 is 0 Å². The van der Waals surface area contributed by atoms with Crippen LogP contribution in [-0.4, -0.2) is 87.4 Å². The van der Waals surface area contributed by atoms with E-state index in [9.17, 15) is 19.5 Å². The van der Waals surface area contributed by atoms with Crippen LogP contribution in [0.25, 0.3) is 0 Å². The number of ether oxygens (including phenoxy) is 4. The molecule has 91 heavy (non-hydrogen) atoms. The Balaban J connectivity index is 4.37. The summed E-state index contributed by atoms with van der Waals surface area (Å²) in [4.78, 5) is 37.6. The summed E-state index contributed by atoms with van der Waals surface area (Å²) in [5.41, 5.74) is 0. The van der Waals surface area contributed by atoms with Crippen LogP contribution in [-0.2, 0) is 33.3 Å². The summed E-state index contributed by atoms with van der Waals surface area (Å²) >= 11 is 0. The Kier molecular flexibility index (Phi) is 64.2. The molecule has 2 unspecified atom stereocenters. The number of carboxylic acids is 1. The third kappa shape index (κ3) is 70.7. The summed E-state index contributed by atoms with van der Waals surface area (Å²) in [6, 6.07) is 0. The lowest BCUT2D eigenvalue weighted by molar-refractivity contribution is -0.870. The molecular formula is C82H124NO8+. The fourth-order valence-electron chi connectivity index (χ4n) is 8.21. The highest BCUT2D eigenvalue weighted by atomic mass is 16.7. The highest BCUT2D eigenvalue weighted by Gasteiger charge is 2.25. The van der Waals surface area contributed by atoms with Crippen LogP contribution >= 0.6 is 0 Å². The molecule has 0 saturated carbocycles. The largest absolute Gasteiger partial charge is 0.477 e. The molecule has 0 saturated heterocycles. The summed E-state index contributed by atoms with van der Waals surface area (Å²) in [6.07, 6.45) is 109. The van der Waals surface area contributed by atoms with Crippen molar-refractivity contribution in [3.63, 3.8) is 0 Å². The van der Waals surface area contributed by atoms with Crippen LogP contribution in [0, 0.1) is 0 Å². The monoisotopic (exact) mass is 1250 g/mol. The maximum absolute atomic E-state index is 12.9. The zero-order chi connectivity index (χ0) is 66.1. The van der Waals surface area contributed by atoms with Crippen LogP contribution in [0.1, 0.15) is 206 Å². The lowest BCUT2D eigenvalue weighted by Crippen LogP contribution is -2.40. The molecule has 2 atom stereocenters. The molecule has 1 N–H and O–H groups in total. The minimum atomic E-state index is -1.55. The van der Waals surface area contributed by atoms with E-state index < -0.39 is 24.3 Å². The second-order valence-electron chi connectivity index (χ2n) is 23.0. The predicted octanol–water partition coefficient (Wildman–Crippen LogP) is 21.9. The Morgan fingerprint density at radius 1 is 0.330 bits per heavy atom. The lowest BCUT2D eigenvalue weighted by atomic mass is 10.1. The standard InChI is InChI=1S/C82H123NO8/c1-6-8-10-12-14-16-18-20-22-24-26-28-30-32-34-36-38-40-42-44-46-48-50-52-54-56-58-60-62-64-66-68-70-72-79(84)89-76-78(77-90-82(81(86)87)88-75-74-83(3,4)5)91-80(85)73-71-69-67-65-63-61-59-57-55-53-51-49-47-45-43-41-39-37-35-33-31-29-27-25-23-21-19-17-15-13-11-9-7-2/h8-11,14-17,20-23,26-29,32-35,38-41,44-47,50-53,56-59,63,65,78,82H,6-7,12-13,18-19,24-25,30-31,36-37,42-43,48-49,54-55,60-62,64,66-77H2,1-5H3/p+1/b10-8-,11-9-,16-14-,17-15-,22-20-,23-21-,28-26-,29-27-,34-32-,35-33-,40-38-,41-39-,46-44-,47-45-,52-50-,53-51-,58-56-,59-57-,65-63-. The van der Waals surface area contributed by atoms with E-state index in [1.807, 2.05) is 21.1 Å². The number of quaternary nitrogens is 1. The molecule has 0 heterocycles. The summed E-state index contributed by atoms with van der Waals surface area (Å²) in [5, 5.41) is 9.74. The highest BCUT2D eigenvalue weighted by molar-refractivity contribution is 5.71. The third-order valence-electron chi connectivity index (χ3n) is 13.4. The molecule has 0 aromatic heterocycles. The molecule has 9 nitrogen and oxygen atoms in total. The number of esters is 2. The van der Waals surface area contributed by atoms with Crippen molar-refractivity contribution in [2.75, 3.05) is 47.5 Å². The van der Waals surface area contributed by atoms with Gasteiger partial charge in [0.25, 0.3) is 6.29 Å². The first kappa shape index (κ1) is 84.4. The summed E-state index contributed by atoms with van der Waals surface area (Å²) in [7, 11) is 5.93. The van der Waals surface area contributed by atoms with Crippen molar-refractivity contribution in [2.45, 2.75) is 219 Å². The van der Waals surface area contributed by atoms with Gasteiger partial charge in [0.2, 0.25) is 0 Å². The molecule has 0 aliphatic carbocycles. The molecule has 0 radical (unpaired) electrons. The van der Waals surface area contributed by atoms with Crippen molar-refractivity contribution in [2.24, 2.45) is 0 Å². The first-order valence-electron chi connectivity index (χ1n) is 34.5. The normalized spacial score (nSPS) is 14.2. The van der Waals surface area contributed by atoms with Gasteiger partial charge in [0.1, 0.15) is 13.2 Å². The number of nitrogens with zero attached hydrogens (tertiary/aromatic N) is 1. The average Bonchev–Trinajstić information content (AvgIpc) is 3.46. The number of likely N-dealkylation sites (N-methyl/N-ethyl adjacent to an activating group) is 1. The van der Waals surface area contributed by atoms with E-state index in [0.29, 0.717) is 23.9 Å². The predicted molar refractivity (Wildman–Crippen MR) is 391 cm³/mol. The second-order valence-corrected chi connectivity index (χ2v) is 23.0.